The van der Waals surface area contributed by atoms with Crippen molar-refractivity contribution in [3.05, 3.63) is 99.6 Å². The SMILES string of the molecule is O=C(Cc1ccc([N+](=O)[O-])cc1)NN=C1c2ccccc2-c2ccccc21. The summed E-state index contributed by atoms with van der Waals surface area (Å²) in [6.45, 7) is 0. The van der Waals surface area contributed by atoms with Crippen molar-refractivity contribution in [2.45, 2.75) is 6.42 Å². The number of carbonyl (C=O) groups is 1. The number of amides is 1. The highest BCUT2D eigenvalue weighted by Gasteiger charge is 2.24. The fourth-order valence-electron chi connectivity index (χ4n) is 3.19. The predicted molar refractivity (Wildman–Crippen MR) is 102 cm³/mol. The molecular weight excluding hydrogens is 342 g/mol. The Hall–Kier alpha value is -3.80. The molecule has 0 aromatic heterocycles. The van der Waals surface area contributed by atoms with Gasteiger partial charge in [0, 0.05) is 23.3 Å². The van der Waals surface area contributed by atoms with Crippen LogP contribution in [0.1, 0.15) is 16.7 Å². The molecule has 0 saturated carbocycles. The average Bonchev–Trinajstić information content (AvgIpc) is 3.01. The average molecular weight is 357 g/mol. The van der Waals surface area contributed by atoms with Gasteiger partial charge < -0.3 is 0 Å². The summed E-state index contributed by atoms with van der Waals surface area (Å²) in [7, 11) is 0. The van der Waals surface area contributed by atoms with Gasteiger partial charge in [-0.1, -0.05) is 60.7 Å². The summed E-state index contributed by atoms with van der Waals surface area (Å²) >= 11 is 0. The molecule has 27 heavy (non-hydrogen) atoms. The molecule has 0 aliphatic heterocycles. The van der Waals surface area contributed by atoms with Gasteiger partial charge in [-0.2, -0.15) is 5.10 Å². The zero-order valence-electron chi connectivity index (χ0n) is 14.3. The number of rotatable bonds is 4. The van der Waals surface area contributed by atoms with Gasteiger partial charge in [-0.25, -0.2) is 5.43 Å². The summed E-state index contributed by atoms with van der Waals surface area (Å²) in [5, 5.41) is 15.1. The Morgan fingerprint density at radius 1 is 0.852 bits per heavy atom. The van der Waals surface area contributed by atoms with Crippen molar-refractivity contribution in [1.29, 1.82) is 0 Å². The Morgan fingerprint density at radius 3 is 1.89 bits per heavy atom. The van der Waals surface area contributed by atoms with Crippen LogP contribution >= 0.6 is 0 Å². The van der Waals surface area contributed by atoms with Crippen LogP contribution in [-0.4, -0.2) is 16.5 Å². The van der Waals surface area contributed by atoms with Crippen molar-refractivity contribution in [1.82, 2.24) is 5.43 Å². The Morgan fingerprint density at radius 2 is 1.37 bits per heavy atom. The highest BCUT2D eigenvalue weighted by molar-refractivity contribution is 6.24. The zero-order chi connectivity index (χ0) is 18.8. The van der Waals surface area contributed by atoms with Crippen LogP contribution in [0.2, 0.25) is 0 Å². The first kappa shape index (κ1) is 16.7. The topological polar surface area (TPSA) is 84.6 Å². The van der Waals surface area contributed by atoms with Gasteiger partial charge >= 0.3 is 0 Å². The minimum absolute atomic E-state index is 0.00132. The van der Waals surface area contributed by atoms with Crippen molar-refractivity contribution in [3.8, 4) is 11.1 Å². The Kier molecular flexibility index (Phi) is 4.22. The van der Waals surface area contributed by atoms with E-state index in [-0.39, 0.29) is 18.0 Å². The van der Waals surface area contributed by atoms with Gasteiger partial charge in [-0.3, -0.25) is 14.9 Å². The number of nitrogens with zero attached hydrogens (tertiary/aromatic N) is 2. The smallest absolute Gasteiger partial charge is 0.269 e. The minimum Gasteiger partial charge on any atom is -0.273 e. The molecule has 132 valence electrons. The van der Waals surface area contributed by atoms with Crippen LogP contribution in [-0.2, 0) is 11.2 Å². The molecule has 0 fully saturated rings. The molecule has 0 saturated heterocycles. The number of nitro groups is 1. The van der Waals surface area contributed by atoms with E-state index in [0.29, 0.717) is 5.56 Å². The molecule has 6 heteroatoms. The largest absolute Gasteiger partial charge is 0.273 e. The van der Waals surface area contributed by atoms with E-state index in [4.69, 9.17) is 0 Å². The van der Waals surface area contributed by atoms with Gasteiger partial charge in [0.2, 0.25) is 5.91 Å². The highest BCUT2D eigenvalue weighted by atomic mass is 16.6. The molecule has 0 atom stereocenters. The van der Waals surface area contributed by atoms with E-state index in [9.17, 15) is 14.9 Å². The summed E-state index contributed by atoms with van der Waals surface area (Å²) in [5.74, 6) is -0.279. The lowest BCUT2D eigenvalue weighted by Gasteiger charge is -2.04. The van der Waals surface area contributed by atoms with Crippen molar-refractivity contribution in [2.75, 3.05) is 0 Å². The number of carbonyl (C=O) groups excluding carboxylic acids is 1. The van der Waals surface area contributed by atoms with E-state index in [2.05, 4.69) is 10.5 Å². The number of fused-ring (bicyclic) bond motifs is 3. The maximum Gasteiger partial charge on any atom is 0.269 e. The maximum atomic E-state index is 12.3. The fraction of sp³-hybridized carbons (Fsp3) is 0.0476. The van der Waals surface area contributed by atoms with Crippen molar-refractivity contribution in [2.24, 2.45) is 5.10 Å². The third kappa shape index (κ3) is 3.20. The molecule has 1 aliphatic carbocycles. The van der Waals surface area contributed by atoms with Crippen LogP contribution in [0.15, 0.2) is 77.9 Å². The number of nitrogens with one attached hydrogen (secondary N) is 1. The van der Waals surface area contributed by atoms with E-state index < -0.39 is 4.92 Å². The zero-order valence-corrected chi connectivity index (χ0v) is 14.3. The molecule has 3 aromatic carbocycles. The molecule has 0 spiro atoms. The first-order valence-electron chi connectivity index (χ1n) is 8.42. The lowest BCUT2D eigenvalue weighted by molar-refractivity contribution is -0.384. The van der Waals surface area contributed by atoms with Crippen LogP contribution in [0.4, 0.5) is 5.69 Å². The van der Waals surface area contributed by atoms with Gasteiger partial charge in [0.15, 0.2) is 0 Å². The summed E-state index contributed by atoms with van der Waals surface area (Å²) in [5.41, 5.74) is 8.18. The molecule has 4 rings (SSSR count). The molecular formula is C21H15N3O3. The molecule has 1 amide bonds. The Labute approximate surface area is 155 Å². The lowest BCUT2D eigenvalue weighted by atomic mass is 10.1. The number of hydrazone groups is 1. The number of hydrogen-bond donors (Lipinski definition) is 1. The second-order valence-corrected chi connectivity index (χ2v) is 6.19. The van der Waals surface area contributed by atoms with E-state index in [1.807, 2.05) is 48.5 Å². The number of nitro benzene ring substituents is 1. The van der Waals surface area contributed by atoms with E-state index in [1.165, 1.54) is 12.1 Å². The second kappa shape index (κ2) is 6.84. The van der Waals surface area contributed by atoms with Crippen LogP contribution < -0.4 is 5.43 Å². The molecule has 0 heterocycles. The predicted octanol–water partition coefficient (Wildman–Crippen LogP) is 3.69. The monoisotopic (exact) mass is 357 g/mol. The first-order valence-corrected chi connectivity index (χ1v) is 8.42. The van der Waals surface area contributed by atoms with Crippen molar-refractivity contribution >= 4 is 17.3 Å². The van der Waals surface area contributed by atoms with Gasteiger partial charge in [0.25, 0.3) is 5.69 Å². The quantitative estimate of drug-likeness (QED) is 0.446. The molecule has 0 unspecified atom stereocenters. The number of benzene rings is 3. The fourth-order valence-corrected chi connectivity index (χ4v) is 3.19. The van der Waals surface area contributed by atoms with Crippen LogP contribution in [0, 0.1) is 10.1 Å². The van der Waals surface area contributed by atoms with E-state index in [0.717, 1.165) is 28.0 Å². The van der Waals surface area contributed by atoms with Gasteiger partial charge in [0.05, 0.1) is 17.1 Å². The van der Waals surface area contributed by atoms with E-state index >= 15 is 0 Å². The van der Waals surface area contributed by atoms with Gasteiger partial charge in [0.1, 0.15) is 0 Å². The molecule has 0 bridgehead atoms. The number of hydrogen-bond acceptors (Lipinski definition) is 4. The van der Waals surface area contributed by atoms with Crippen LogP contribution in [0.5, 0.6) is 0 Å². The number of non-ortho nitro benzene ring substituents is 1. The Balaban J connectivity index is 1.54. The summed E-state index contributed by atoms with van der Waals surface area (Å²) in [6.07, 6.45) is 0.0953. The molecule has 3 aromatic rings. The van der Waals surface area contributed by atoms with Gasteiger partial charge in [-0.05, 0) is 16.7 Å². The second-order valence-electron chi connectivity index (χ2n) is 6.19. The lowest BCUT2D eigenvalue weighted by Crippen LogP contribution is -2.21. The van der Waals surface area contributed by atoms with Crippen LogP contribution in [0.25, 0.3) is 11.1 Å². The van der Waals surface area contributed by atoms with Crippen LogP contribution in [0.3, 0.4) is 0 Å². The highest BCUT2D eigenvalue weighted by Crippen LogP contribution is 2.36. The minimum atomic E-state index is -0.467. The van der Waals surface area contributed by atoms with Gasteiger partial charge in [-0.15, -0.1) is 0 Å². The van der Waals surface area contributed by atoms with Crippen molar-refractivity contribution < 1.29 is 9.72 Å². The standard InChI is InChI=1S/C21H15N3O3/c25-20(13-14-9-11-15(12-10-14)24(26)27)22-23-21-18-7-3-1-5-16(18)17-6-2-4-8-19(17)21/h1-12H,13H2,(H,22,25). The summed E-state index contributed by atoms with van der Waals surface area (Å²) in [6, 6.07) is 21.8. The summed E-state index contributed by atoms with van der Waals surface area (Å²) < 4.78 is 0. The van der Waals surface area contributed by atoms with Crippen molar-refractivity contribution in [3.63, 3.8) is 0 Å². The summed E-state index contributed by atoms with van der Waals surface area (Å²) in [4.78, 5) is 22.5. The molecule has 6 nitrogen and oxygen atoms in total. The normalized spacial score (nSPS) is 11.5. The molecule has 1 N–H and O–H groups in total. The molecule has 0 radical (unpaired) electrons. The van der Waals surface area contributed by atoms with E-state index in [1.54, 1.807) is 12.1 Å². The third-order valence-electron chi connectivity index (χ3n) is 4.46. The Bertz CT molecular complexity index is 1020. The molecule has 1 aliphatic rings. The third-order valence-corrected chi connectivity index (χ3v) is 4.46. The maximum absolute atomic E-state index is 12.3. The first-order chi connectivity index (χ1) is 13.1.